The van der Waals surface area contributed by atoms with Crippen molar-refractivity contribution in [3.8, 4) is 0 Å². The molecule has 0 bridgehead atoms. The number of rotatable bonds is 8. The molecule has 0 fully saturated rings. The van der Waals surface area contributed by atoms with E-state index in [9.17, 15) is 14.9 Å². The zero-order valence-electron chi connectivity index (χ0n) is 12.9. The Hall–Kier alpha value is -1.41. The first-order valence-corrected chi connectivity index (χ1v) is 6.25. The highest BCUT2D eigenvalue weighted by Gasteiger charge is 2.24. The van der Waals surface area contributed by atoms with Gasteiger partial charge in [-0.25, -0.2) is 0 Å². The molecule has 20 heavy (non-hydrogen) atoms. The van der Waals surface area contributed by atoms with Gasteiger partial charge in [0, 0.05) is 12.1 Å². The Labute approximate surface area is 128 Å². The van der Waals surface area contributed by atoms with Crippen molar-refractivity contribution in [2.75, 3.05) is 6.61 Å². The minimum atomic E-state index is -1.51. The number of nitro groups is 1. The van der Waals surface area contributed by atoms with Crippen LogP contribution in [0.25, 0.3) is 0 Å². The van der Waals surface area contributed by atoms with E-state index in [1.807, 2.05) is 0 Å². The average molecular weight is 326 g/mol. The van der Waals surface area contributed by atoms with Crippen LogP contribution >= 0.6 is 23.2 Å². The van der Waals surface area contributed by atoms with Gasteiger partial charge in [-0.2, -0.15) is 0 Å². The molecule has 9 heteroatoms. The van der Waals surface area contributed by atoms with Gasteiger partial charge in [0.1, 0.15) is 6.10 Å². The van der Waals surface area contributed by atoms with E-state index >= 15 is 0 Å². The first-order valence-electron chi connectivity index (χ1n) is 6.64. The molecule has 0 unspecified atom stereocenters. The Balaban J connectivity index is 3.10. The molecule has 1 amide bonds. The lowest BCUT2D eigenvalue weighted by atomic mass is 10.0. The third kappa shape index (κ3) is 4.31. The van der Waals surface area contributed by atoms with E-state index in [0.29, 0.717) is 5.31 Å². The van der Waals surface area contributed by atoms with E-state index in [1.54, 1.807) is 0 Å². The smallest absolute Gasteiger partial charge is 0.269 e. The molecule has 1 aromatic carbocycles. The van der Waals surface area contributed by atoms with Crippen molar-refractivity contribution in [1.29, 1.82) is 2.86 Å². The van der Waals surface area contributed by atoms with E-state index in [4.69, 9.17) is 27.5 Å². The molecule has 0 aliphatic carbocycles. The lowest BCUT2D eigenvalue weighted by molar-refractivity contribution is -0.384. The van der Waals surface area contributed by atoms with Gasteiger partial charge in [-0.15, -0.1) is 0 Å². The molecule has 110 valence electrons. The summed E-state index contributed by atoms with van der Waals surface area (Å²) in [5.41, 5.74) is 0.101. The van der Waals surface area contributed by atoms with Crippen molar-refractivity contribution < 1.29 is 21.3 Å². The van der Waals surface area contributed by atoms with Crippen LogP contribution in [-0.2, 0) is 4.79 Å². The predicted molar refractivity (Wildman–Crippen MR) is 72.6 cm³/mol. The Morgan fingerprint density at radius 2 is 2.15 bits per heavy atom. The zero-order valence-corrected chi connectivity index (χ0v) is 11.5. The molecular formula is C11H12Cl2N2O5. The van der Waals surface area contributed by atoms with Gasteiger partial charge in [0.2, 0.25) is 2.86 Å². The fraction of sp³-hybridized carbons (Fsp3) is 0.364. The van der Waals surface area contributed by atoms with E-state index in [0.717, 1.165) is 0 Å². The Kier molecular flexibility index (Phi) is 4.56. The number of aliphatic hydroxyl groups is 2. The number of carbonyl (C=O) groups is 1. The first-order chi connectivity index (χ1) is 10.8. The number of aliphatic hydroxyl groups excluding tert-OH is 2. The van der Waals surface area contributed by atoms with Crippen LogP contribution in [0.3, 0.4) is 0 Å². The van der Waals surface area contributed by atoms with Gasteiger partial charge in [-0.3, -0.25) is 14.9 Å². The van der Waals surface area contributed by atoms with Crippen LogP contribution < -0.4 is 5.31 Å². The van der Waals surface area contributed by atoms with Gasteiger partial charge in [-0.05, 0) is 17.7 Å². The molecule has 0 heterocycles. The number of benzene rings is 1. The lowest BCUT2D eigenvalue weighted by Gasteiger charge is -2.22. The molecule has 0 aliphatic rings. The van der Waals surface area contributed by atoms with Gasteiger partial charge in [0.15, 0.2) is 6.25 Å². The van der Waals surface area contributed by atoms with Crippen molar-refractivity contribution in [2.24, 2.45) is 0 Å². The summed E-state index contributed by atoms with van der Waals surface area (Å²) in [6.45, 7) is -0.462. The van der Waals surface area contributed by atoms with Gasteiger partial charge >= 0.3 is 0 Å². The number of carbonyl (C=O) groups excluding carboxylic acids is 1. The Bertz CT molecular complexity index is 549. The monoisotopic (exact) mass is 325 g/mol. The zero-order chi connectivity index (χ0) is 17.6. The van der Waals surface area contributed by atoms with Crippen molar-refractivity contribution in [3.05, 3.63) is 39.9 Å². The minimum absolute atomic E-state index is 0.175. The average Bonchev–Trinajstić information content (AvgIpc) is 2.53. The highest BCUT2D eigenvalue weighted by Crippen LogP contribution is 2.20. The maximum atomic E-state index is 11.7. The first kappa shape index (κ1) is 12.3. The normalized spacial score (nSPS) is 15.8. The van der Waals surface area contributed by atoms with Gasteiger partial charge < -0.3 is 15.5 Å². The number of nitrogens with one attached hydrogen (secondary N) is 1. The number of hydrogen-bond acceptors (Lipinski definition) is 5. The molecule has 3 N–H and O–H groups in total. The fourth-order valence-electron chi connectivity index (χ4n) is 1.42. The summed E-state index contributed by atoms with van der Waals surface area (Å²) < 4.78 is 21.7. The van der Waals surface area contributed by atoms with Crippen LogP contribution in [0.1, 0.15) is 11.7 Å². The Morgan fingerprint density at radius 1 is 1.50 bits per heavy atom. The number of alkyl halides is 2. The number of amides is 1. The maximum absolute atomic E-state index is 11.7. The van der Waals surface area contributed by atoms with Crippen LogP contribution in [0.15, 0.2) is 24.3 Å². The largest absolute Gasteiger partial charge is 0.394 e. The standard InChI is InChI=1S/C11H12Cl2N2O5/c12-10(13)11(18)14-8(5-16)9(17)6-1-3-7(4-2-6)15(19)20/h1-4,8-10,16-17H,5H2,(H,14,18)/t8-,9-/m1/s1/i16D,17D/hD. The summed E-state index contributed by atoms with van der Waals surface area (Å²) in [5, 5.41) is 19.7. The summed E-state index contributed by atoms with van der Waals surface area (Å²) in [4.78, 5) is 20.2. The van der Waals surface area contributed by atoms with Crippen LogP contribution in [0.4, 0.5) is 5.69 Å². The van der Waals surface area contributed by atoms with Gasteiger partial charge in [0.05, 0.1) is 17.6 Å². The molecular weight excluding hydrogens is 311 g/mol. The minimum Gasteiger partial charge on any atom is -0.394 e. The van der Waals surface area contributed by atoms with E-state index in [1.165, 1.54) is 24.3 Å². The van der Waals surface area contributed by atoms with Crippen LogP contribution in [0.2, 0.25) is 1.41 Å². The molecule has 2 atom stereocenters. The summed E-state index contributed by atoms with van der Waals surface area (Å²) in [6, 6.07) is 3.78. The molecule has 7 nitrogen and oxygen atoms in total. The summed E-state index contributed by atoms with van der Waals surface area (Å²) >= 11 is 10.8. The van der Waals surface area contributed by atoms with E-state index in [-0.39, 0.29) is 11.3 Å². The van der Waals surface area contributed by atoms with E-state index in [2.05, 4.69) is 10.2 Å². The summed E-state index contributed by atoms with van der Waals surface area (Å²) in [5.74, 6) is -0.987. The van der Waals surface area contributed by atoms with Crippen molar-refractivity contribution in [3.63, 3.8) is 0 Å². The van der Waals surface area contributed by atoms with Crippen molar-refractivity contribution in [1.82, 2.24) is 5.31 Å². The van der Waals surface area contributed by atoms with Crippen LogP contribution in [-0.4, -0.2) is 41.4 Å². The SMILES string of the molecule is [2H]OC[C@H]([C@H](O[2H])c1ccc([N+](=O)[O-])cc1)N([2H])C(=O)C(Cl)Cl. The quantitative estimate of drug-likeness (QED) is 0.373. The summed E-state index contributed by atoms with van der Waals surface area (Å²) in [6.07, 6.45) is -1.20. The third-order valence-electron chi connectivity index (χ3n) is 2.43. The molecule has 0 saturated heterocycles. The number of halogens is 2. The fourth-order valence-corrected chi connectivity index (χ4v) is 1.53. The maximum Gasteiger partial charge on any atom is 0.269 e. The van der Waals surface area contributed by atoms with Gasteiger partial charge in [-0.1, -0.05) is 23.2 Å². The molecule has 0 spiro atoms. The molecule has 0 radical (unpaired) electrons. The highest BCUT2D eigenvalue weighted by atomic mass is 35.5. The van der Waals surface area contributed by atoms with Crippen molar-refractivity contribution >= 4 is 34.8 Å². The predicted octanol–water partition coefficient (Wildman–Crippen LogP) is 0.909. The highest BCUT2D eigenvalue weighted by molar-refractivity contribution is 6.53. The topological polar surface area (TPSA) is 113 Å². The number of nitrogens with zero attached hydrogens (tertiary/aromatic N) is 1. The molecule has 1 aromatic rings. The van der Waals surface area contributed by atoms with E-state index < -0.39 is 34.4 Å². The summed E-state index contributed by atoms with van der Waals surface area (Å²) in [7, 11) is 0. The molecule has 0 saturated carbocycles. The number of hydrogen-bond donors (Lipinski definition) is 3. The van der Waals surface area contributed by atoms with Gasteiger partial charge in [0.25, 0.3) is 11.6 Å². The van der Waals surface area contributed by atoms with Crippen LogP contribution in [0, 0.1) is 10.1 Å². The second-order valence-electron chi connectivity index (χ2n) is 3.77. The third-order valence-corrected chi connectivity index (χ3v) is 2.81. The lowest BCUT2D eigenvalue weighted by Crippen LogP contribution is -2.44. The second kappa shape index (κ2) is 7.39. The molecule has 1 rings (SSSR count). The number of nitro benzene ring substituents is 1. The molecule has 0 aromatic heterocycles. The van der Waals surface area contributed by atoms with Crippen LogP contribution in [0.5, 0.6) is 0 Å². The van der Waals surface area contributed by atoms with Crippen molar-refractivity contribution in [2.45, 2.75) is 17.0 Å². The molecule has 0 aliphatic heterocycles. The second-order valence-corrected chi connectivity index (χ2v) is 4.87. The number of non-ortho nitro benzene ring substituents is 1. The Morgan fingerprint density at radius 3 is 2.60 bits per heavy atom.